The third-order valence-electron chi connectivity index (χ3n) is 7.69. The first-order valence-corrected chi connectivity index (χ1v) is 16.2. The van der Waals surface area contributed by atoms with Crippen LogP contribution in [0, 0.1) is 10.8 Å². The molecule has 3 rings (SSSR count). The number of aliphatic hydroxyl groups excluding tert-OH is 1. The number of unbranched alkanes of at least 4 members (excludes halogenated alkanes) is 4. The summed E-state index contributed by atoms with van der Waals surface area (Å²) in [5.74, 6) is 0.576. The van der Waals surface area contributed by atoms with Gasteiger partial charge in [-0.05, 0) is 77.7 Å². The maximum atomic E-state index is 14.2. The van der Waals surface area contributed by atoms with Crippen molar-refractivity contribution in [2.45, 2.75) is 78.7 Å². The lowest BCUT2D eigenvalue weighted by Gasteiger charge is -2.18. The van der Waals surface area contributed by atoms with Gasteiger partial charge < -0.3 is 46.2 Å². The van der Waals surface area contributed by atoms with E-state index < -0.39 is 0 Å². The Hall–Kier alpha value is -4.71. The number of aromatic hydroxyl groups is 1. The molecule has 0 radical (unpaired) electrons. The molecule has 0 aliphatic heterocycles. The van der Waals surface area contributed by atoms with Crippen LogP contribution in [-0.4, -0.2) is 48.4 Å². The van der Waals surface area contributed by atoms with Crippen molar-refractivity contribution in [3.05, 3.63) is 62.8 Å². The third kappa shape index (κ3) is 10.4. The molecule has 0 amide bonds. The van der Waals surface area contributed by atoms with E-state index in [1.54, 1.807) is 12.1 Å². The monoisotopic (exact) mass is 650 g/mol. The number of nitrogens with one attached hydrogen (secondary N) is 4. The van der Waals surface area contributed by atoms with Gasteiger partial charge in [0.25, 0.3) is 0 Å². The molecule has 10 N–H and O–H groups in total. The summed E-state index contributed by atoms with van der Waals surface area (Å²) in [5, 5.41) is 42.5. The average Bonchev–Trinajstić information content (AvgIpc) is 3.01. The van der Waals surface area contributed by atoms with Crippen LogP contribution in [0.5, 0.6) is 17.2 Å². The molecule has 0 unspecified atom stereocenters. The molecule has 1 aromatic heterocycles. The number of allylic oxidation sites excluding steroid dienone is 4. The Morgan fingerprint density at radius 3 is 1.91 bits per heavy atom. The average molecular weight is 651 g/mol. The molecule has 12 heteroatoms. The summed E-state index contributed by atoms with van der Waals surface area (Å²) in [6.07, 6.45) is 11.3. The molecular formula is C35H50N6O6. The Morgan fingerprint density at radius 2 is 1.40 bits per heavy atom. The predicted molar refractivity (Wildman–Crippen MR) is 188 cm³/mol. The zero-order valence-electron chi connectivity index (χ0n) is 27.8. The van der Waals surface area contributed by atoms with Crippen LogP contribution in [-0.2, 0) is 19.4 Å². The number of hydrogen-bond donors (Lipinski definition) is 8. The van der Waals surface area contributed by atoms with E-state index in [1.165, 1.54) is 0 Å². The summed E-state index contributed by atoms with van der Waals surface area (Å²) in [6, 6.07) is 3.31. The fraction of sp³-hybridized carbons (Fsp3) is 0.457. The number of guanidine groups is 2. The third-order valence-corrected chi connectivity index (χ3v) is 7.69. The normalized spacial score (nSPS) is 11.2. The predicted octanol–water partition coefficient (Wildman–Crippen LogP) is 4.84. The maximum absolute atomic E-state index is 14.2. The van der Waals surface area contributed by atoms with Crippen LogP contribution in [0.1, 0.15) is 76.0 Å². The Bertz CT molecular complexity index is 1660. The zero-order chi connectivity index (χ0) is 34.3. The highest BCUT2D eigenvalue weighted by Gasteiger charge is 2.23. The van der Waals surface area contributed by atoms with Crippen molar-refractivity contribution in [3.63, 3.8) is 0 Å². The van der Waals surface area contributed by atoms with E-state index in [4.69, 9.17) is 36.2 Å². The molecule has 1 heterocycles. The minimum atomic E-state index is -0.388. The Kier molecular flexibility index (Phi) is 14.4. The van der Waals surface area contributed by atoms with Crippen molar-refractivity contribution < 1.29 is 24.1 Å². The Labute approximate surface area is 275 Å². The van der Waals surface area contributed by atoms with E-state index >= 15 is 0 Å². The summed E-state index contributed by atoms with van der Waals surface area (Å²) in [7, 11) is 0. The Morgan fingerprint density at radius 1 is 0.851 bits per heavy atom. The summed E-state index contributed by atoms with van der Waals surface area (Å²) in [6.45, 7) is 7.45. The second-order valence-corrected chi connectivity index (χ2v) is 11.6. The van der Waals surface area contributed by atoms with Crippen LogP contribution in [0.15, 0.2) is 45.1 Å². The van der Waals surface area contributed by atoms with Gasteiger partial charge in [0, 0.05) is 36.3 Å². The molecule has 3 aromatic rings. The van der Waals surface area contributed by atoms with Crippen molar-refractivity contribution in [1.29, 1.82) is 10.8 Å². The van der Waals surface area contributed by atoms with Gasteiger partial charge in [-0.25, -0.2) is 0 Å². The largest absolute Gasteiger partial charge is 0.507 e. The fourth-order valence-electron chi connectivity index (χ4n) is 5.28. The highest BCUT2D eigenvalue weighted by Crippen LogP contribution is 2.39. The maximum Gasteiger partial charge on any atom is 0.204 e. The molecule has 0 aliphatic carbocycles. The molecular weight excluding hydrogens is 600 g/mol. The molecule has 0 fully saturated rings. The highest BCUT2D eigenvalue weighted by atomic mass is 16.5. The first-order valence-electron chi connectivity index (χ1n) is 16.2. The van der Waals surface area contributed by atoms with Gasteiger partial charge in [-0.3, -0.25) is 15.6 Å². The van der Waals surface area contributed by atoms with Gasteiger partial charge in [-0.2, -0.15) is 0 Å². The number of fused-ring (bicyclic) bond motifs is 2. The van der Waals surface area contributed by atoms with Gasteiger partial charge in [0.15, 0.2) is 11.9 Å². The molecule has 0 aliphatic rings. The van der Waals surface area contributed by atoms with E-state index in [2.05, 4.69) is 10.6 Å². The smallest absolute Gasteiger partial charge is 0.204 e. The quantitative estimate of drug-likeness (QED) is 0.0291. The minimum Gasteiger partial charge on any atom is -0.507 e. The number of phenols is 1. The van der Waals surface area contributed by atoms with Crippen molar-refractivity contribution in [1.82, 2.24) is 10.6 Å². The number of benzene rings is 2. The van der Waals surface area contributed by atoms with Gasteiger partial charge in [-0.15, -0.1) is 0 Å². The molecule has 12 nitrogen and oxygen atoms in total. The fourth-order valence-corrected chi connectivity index (χ4v) is 5.28. The molecule has 0 spiro atoms. The van der Waals surface area contributed by atoms with Crippen LogP contribution in [0.3, 0.4) is 0 Å². The van der Waals surface area contributed by atoms with E-state index in [9.17, 15) is 15.0 Å². The first kappa shape index (κ1) is 36.8. The second kappa shape index (κ2) is 18.4. The first-order chi connectivity index (χ1) is 22.6. The van der Waals surface area contributed by atoms with E-state index in [0.717, 1.165) is 44.1 Å². The van der Waals surface area contributed by atoms with E-state index in [1.807, 2.05) is 39.0 Å². The standard InChI is InChI=1S/C35H50N6O6/c1-4-5-12-24-26(45-17-10-6-8-15-40-34(36)37)19-29-31(32(24)43)33(44)30-23(14-13-22(2)3)25(21-42)27(20-28(30)47-29)46-18-11-7-9-16-41-35(38)39/h4-5,13,19-20,42-43H,6-12,14-18,21H2,1-3H3,(H4,36,37,40)(H4,38,39,41)/b5-4-. The van der Waals surface area contributed by atoms with Gasteiger partial charge in [-0.1, -0.05) is 23.8 Å². The molecule has 0 bridgehead atoms. The molecule has 2 aromatic carbocycles. The van der Waals surface area contributed by atoms with E-state index in [0.29, 0.717) is 78.3 Å². The molecule has 0 saturated carbocycles. The lowest BCUT2D eigenvalue weighted by molar-refractivity contribution is 0.259. The van der Waals surface area contributed by atoms with Crippen molar-refractivity contribution in [2.75, 3.05) is 26.3 Å². The number of rotatable bonds is 19. The lowest BCUT2D eigenvalue weighted by Crippen LogP contribution is -2.30. The molecule has 47 heavy (non-hydrogen) atoms. The summed E-state index contributed by atoms with van der Waals surface area (Å²) >= 11 is 0. The van der Waals surface area contributed by atoms with Crippen LogP contribution in [0.2, 0.25) is 0 Å². The minimum absolute atomic E-state index is 0.0545. The second-order valence-electron chi connectivity index (χ2n) is 11.6. The highest BCUT2D eigenvalue weighted by molar-refractivity contribution is 5.97. The zero-order valence-corrected chi connectivity index (χ0v) is 27.8. The summed E-state index contributed by atoms with van der Waals surface area (Å²) < 4.78 is 18.6. The van der Waals surface area contributed by atoms with Crippen LogP contribution >= 0.6 is 0 Å². The number of ether oxygens (including phenoxy) is 2. The summed E-state index contributed by atoms with van der Waals surface area (Å²) in [5.41, 5.74) is 13.4. The number of nitrogens with two attached hydrogens (primary N) is 2. The Balaban J connectivity index is 2.04. The lowest BCUT2D eigenvalue weighted by atomic mass is 9.95. The van der Waals surface area contributed by atoms with Gasteiger partial charge >= 0.3 is 0 Å². The van der Waals surface area contributed by atoms with Crippen LogP contribution in [0.4, 0.5) is 0 Å². The SMILES string of the molecule is C/C=C\Cc1c(OCCCCCNC(=N)N)cc2oc3cc(OCCCCCNC(=N)N)c(CO)c(CC=C(C)C)c3c(=O)c2c1O. The van der Waals surface area contributed by atoms with Gasteiger partial charge in [0.1, 0.15) is 33.8 Å². The molecule has 256 valence electrons. The van der Waals surface area contributed by atoms with E-state index in [-0.39, 0.29) is 40.7 Å². The van der Waals surface area contributed by atoms with Crippen molar-refractivity contribution >= 4 is 33.9 Å². The van der Waals surface area contributed by atoms with Gasteiger partial charge in [0.05, 0.1) is 25.2 Å². The van der Waals surface area contributed by atoms with Crippen molar-refractivity contribution in [2.24, 2.45) is 11.5 Å². The number of phenolic OH excluding ortho intramolecular Hbond substituents is 1. The molecule has 0 saturated heterocycles. The topological polar surface area (TPSA) is 213 Å². The summed E-state index contributed by atoms with van der Waals surface area (Å²) in [4.78, 5) is 14.2. The molecule has 0 atom stereocenters. The van der Waals surface area contributed by atoms with Crippen LogP contribution in [0.25, 0.3) is 21.9 Å². The number of hydrogen-bond acceptors (Lipinski definition) is 8. The van der Waals surface area contributed by atoms with Gasteiger partial charge in [0.2, 0.25) is 5.43 Å². The van der Waals surface area contributed by atoms with Crippen LogP contribution < -0.4 is 37.0 Å². The number of aliphatic hydroxyl groups is 1. The van der Waals surface area contributed by atoms with Crippen molar-refractivity contribution in [3.8, 4) is 17.2 Å².